The first-order valence-electron chi connectivity index (χ1n) is 7.71. The average molecular weight is 335 g/mol. The number of amides is 4. The van der Waals surface area contributed by atoms with Crippen LogP contribution in [0.25, 0.3) is 0 Å². The van der Waals surface area contributed by atoms with Gasteiger partial charge in [-0.25, -0.2) is 14.8 Å². The SMILES string of the molecule is CC1NC(=O)N(C)C2NC(=O)N(C)C(c3ccc([NH+]([O-])O)cc3)C12. The highest BCUT2D eigenvalue weighted by atomic mass is 16.8. The van der Waals surface area contributed by atoms with Gasteiger partial charge >= 0.3 is 12.1 Å². The second kappa shape index (κ2) is 5.93. The molecule has 2 heterocycles. The van der Waals surface area contributed by atoms with Crippen molar-refractivity contribution in [2.75, 3.05) is 14.1 Å². The molecule has 1 aromatic rings. The molecule has 24 heavy (non-hydrogen) atoms. The number of hydrogen-bond acceptors (Lipinski definition) is 4. The number of fused-ring (bicyclic) bond motifs is 1. The molecule has 0 aromatic heterocycles. The number of benzene rings is 1. The van der Waals surface area contributed by atoms with E-state index in [4.69, 9.17) is 5.21 Å². The minimum absolute atomic E-state index is 0.0777. The van der Waals surface area contributed by atoms with Crippen molar-refractivity contribution in [3.05, 3.63) is 35.0 Å². The van der Waals surface area contributed by atoms with Crippen molar-refractivity contribution in [3.8, 4) is 0 Å². The Bertz CT molecular complexity index is 650. The summed E-state index contributed by atoms with van der Waals surface area (Å²) in [6.45, 7) is 1.91. The number of carbonyl (C=O) groups excluding carboxylic acids is 2. The van der Waals surface area contributed by atoms with E-state index in [0.29, 0.717) is 0 Å². The van der Waals surface area contributed by atoms with E-state index in [1.165, 1.54) is 17.0 Å². The molecule has 5 atom stereocenters. The lowest BCUT2D eigenvalue weighted by molar-refractivity contribution is -0.991. The molecule has 5 unspecified atom stereocenters. The summed E-state index contributed by atoms with van der Waals surface area (Å²) in [4.78, 5) is 27.4. The van der Waals surface area contributed by atoms with Gasteiger partial charge < -0.3 is 25.6 Å². The Kier molecular flexibility index (Phi) is 4.08. The number of nitrogens with zero attached hydrogens (tertiary/aromatic N) is 2. The first-order valence-corrected chi connectivity index (χ1v) is 7.71. The van der Waals surface area contributed by atoms with Gasteiger partial charge in [0, 0.05) is 38.2 Å². The van der Waals surface area contributed by atoms with E-state index in [1.807, 2.05) is 6.92 Å². The van der Waals surface area contributed by atoms with Crippen molar-refractivity contribution in [1.82, 2.24) is 20.4 Å². The summed E-state index contributed by atoms with van der Waals surface area (Å²) < 4.78 is 0. The van der Waals surface area contributed by atoms with Gasteiger partial charge in [0.2, 0.25) is 0 Å². The molecule has 0 spiro atoms. The average Bonchev–Trinajstić information content (AvgIpc) is 2.54. The maximum Gasteiger partial charge on any atom is 0.319 e. The number of urea groups is 2. The van der Waals surface area contributed by atoms with Crippen LogP contribution in [0.3, 0.4) is 0 Å². The van der Waals surface area contributed by atoms with Gasteiger partial charge in [-0.1, -0.05) is 12.1 Å². The lowest BCUT2D eigenvalue weighted by atomic mass is 9.81. The van der Waals surface area contributed by atoms with E-state index in [1.54, 1.807) is 31.1 Å². The number of rotatable bonds is 2. The van der Waals surface area contributed by atoms with E-state index in [0.717, 1.165) is 5.56 Å². The molecule has 1 aromatic carbocycles. The van der Waals surface area contributed by atoms with E-state index in [-0.39, 0.29) is 35.8 Å². The zero-order chi connectivity index (χ0) is 17.6. The summed E-state index contributed by atoms with van der Waals surface area (Å²) >= 11 is 0. The molecule has 0 radical (unpaired) electrons. The van der Waals surface area contributed by atoms with Crippen molar-refractivity contribution in [1.29, 1.82) is 0 Å². The Balaban J connectivity index is 1.99. The third-order valence-electron chi connectivity index (χ3n) is 4.90. The lowest BCUT2D eigenvalue weighted by Crippen LogP contribution is -2.99. The summed E-state index contributed by atoms with van der Waals surface area (Å²) in [6, 6.07) is 5.60. The first-order chi connectivity index (χ1) is 11.3. The van der Waals surface area contributed by atoms with Crippen LogP contribution in [0.15, 0.2) is 24.3 Å². The number of quaternary nitrogens is 1. The predicted octanol–water partition coefficient (Wildman–Crippen LogP) is -0.228. The molecule has 0 saturated carbocycles. The van der Waals surface area contributed by atoms with Gasteiger partial charge in [-0.05, 0) is 12.5 Å². The van der Waals surface area contributed by atoms with Crippen molar-refractivity contribution < 1.29 is 20.0 Å². The number of carbonyl (C=O) groups is 2. The Morgan fingerprint density at radius 2 is 1.67 bits per heavy atom. The van der Waals surface area contributed by atoms with Gasteiger partial charge in [0.15, 0.2) is 5.69 Å². The molecule has 4 amide bonds. The highest BCUT2D eigenvalue weighted by Gasteiger charge is 2.49. The van der Waals surface area contributed by atoms with Crippen LogP contribution in [-0.4, -0.2) is 53.4 Å². The van der Waals surface area contributed by atoms with Gasteiger partial charge in [-0.2, -0.15) is 5.23 Å². The quantitative estimate of drug-likeness (QED) is 0.559. The molecular formula is C15H21N5O4. The van der Waals surface area contributed by atoms with Crippen LogP contribution < -0.4 is 15.9 Å². The molecule has 9 nitrogen and oxygen atoms in total. The van der Waals surface area contributed by atoms with Gasteiger partial charge in [-0.15, -0.1) is 0 Å². The van der Waals surface area contributed by atoms with Crippen LogP contribution in [0.1, 0.15) is 18.5 Å². The van der Waals surface area contributed by atoms with Gasteiger partial charge in [0.1, 0.15) is 6.17 Å². The fraction of sp³-hybridized carbons (Fsp3) is 0.467. The van der Waals surface area contributed by atoms with Crippen LogP contribution >= 0.6 is 0 Å². The highest BCUT2D eigenvalue weighted by Crippen LogP contribution is 2.38. The third kappa shape index (κ3) is 2.56. The lowest BCUT2D eigenvalue weighted by Gasteiger charge is -2.52. The monoisotopic (exact) mass is 335 g/mol. The van der Waals surface area contributed by atoms with Crippen LogP contribution in [0.5, 0.6) is 0 Å². The Morgan fingerprint density at radius 3 is 2.25 bits per heavy atom. The smallest absolute Gasteiger partial charge is 0.319 e. The zero-order valence-electron chi connectivity index (χ0n) is 13.7. The summed E-state index contributed by atoms with van der Waals surface area (Å²) in [7, 11) is 3.35. The molecule has 0 aliphatic carbocycles. The maximum absolute atomic E-state index is 12.3. The Hall–Kier alpha value is -2.36. The molecule has 4 N–H and O–H groups in total. The molecule has 3 rings (SSSR count). The molecule has 2 aliphatic rings. The largest absolute Gasteiger partial charge is 0.595 e. The Labute approximate surface area is 139 Å². The van der Waals surface area contributed by atoms with Crippen LogP contribution in [0, 0.1) is 11.1 Å². The topological polar surface area (TPSA) is 112 Å². The van der Waals surface area contributed by atoms with Gasteiger partial charge in [0.05, 0.1) is 6.04 Å². The number of hydrogen-bond donors (Lipinski definition) is 4. The van der Waals surface area contributed by atoms with Crippen molar-refractivity contribution >= 4 is 17.7 Å². The first kappa shape index (κ1) is 16.5. The van der Waals surface area contributed by atoms with Crippen LogP contribution in [-0.2, 0) is 0 Å². The molecule has 2 fully saturated rings. The summed E-state index contributed by atoms with van der Waals surface area (Å²) in [5.74, 6) is -0.0777. The molecule has 9 heteroatoms. The maximum atomic E-state index is 12.3. The second-order valence-corrected chi connectivity index (χ2v) is 6.30. The van der Waals surface area contributed by atoms with Crippen molar-refractivity contribution in [3.63, 3.8) is 0 Å². The predicted molar refractivity (Wildman–Crippen MR) is 84.3 cm³/mol. The molecule has 130 valence electrons. The highest BCUT2D eigenvalue weighted by molar-refractivity contribution is 5.80. The summed E-state index contributed by atoms with van der Waals surface area (Å²) in [5.41, 5.74) is 1.03. The van der Waals surface area contributed by atoms with Gasteiger partial charge in [0.25, 0.3) is 0 Å². The Morgan fingerprint density at radius 1 is 1.08 bits per heavy atom. The van der Waals surface area contributed by atoms with E-state index in [2.05, 4.69) is 10.6 Å². The fourth-order valence-electron chi connectivity index (χ4n) is 3.57. The third-order valence-corrected chi connectivity index (χ3v) is 4.90. The molecule has 2 saturated heterocycles. The van der Waals surface area contributed by atoms with Crippen LogP contribution in [0.4, 0.5) is 15.3 Å². The number of nitrogens with one attached hydrogen (secondary N) is 3. The van der Waals surface area contributed by atoms with E-state index < -0.39 is 11.4 Å². The van der Waals surface area contributed by atoms with E-state index >= 15 is 0 Å². The zero-order valence-corrected chi connectivity index (χ0v) is 13.7. The minimum atomic E-state index is -0.993. The molecule has 2 aliphatic heterocycles. The summed E-state index contributed by atoms with van der Waals surface area (Å²) in [5, 5.41) is 24.9. The van der Waals surface area contributed by atoms with Crippen LogP contribution in [0.2, 0.25) is 0 Å². The standard InChI is InChI=1S/C15H21N5O4/c1-8-11-12(9-4-6-10(7-5-9)20(23)24)18(2)15(22)17-13(11)19(3)14(21)16-8/h4-8,11-13,20,23H,1-3H3,(H,16,21)(H,17,22). The fourth-order valence-corrected chi connectivity index (χ4v) is 3.57. The molecule has 0 bridgehead atoms. The minimum Gasteiger partial charge on any atom is -0.595 e. The summed E-state index contributed by atoms with van der Waals surface area (Å²) in [6.07, 6.45) is -0.415. The molecular weight excluding hydrogens is 314 g/mol. The van der Waals surface area contributed by atoms with E-state index in [9.17, 15) is 14.8 Å². The van der Waals surface area contributed by atoms with Crippen molar-refractivity contribution in [2.24, 2.45) is 5.92 Å². The second-order valence-electron chi connectivity index (χ2n) is 6.30. The van der Waals surface area contributed by atoms with Crippen molar-refractivity contribution in [2.45, 2.75) is 25.2 Å². The normalized spacial score (nSPS) is 31.2. The van der Waals surface area contributed by atoms with Gasteiger partial charge in [-0.3, -0.25) is 0 Å².